The van der Waals surface area contributed by atoms with Gasteiger partial charge in [0.1, 0.15) is 16.5 Å². The van der Waals surface area contributed by atoms with Crippen molar-refractivity contribution < 1.29 is 22.3 Å². The Balaban J connectivity index is 2.20. The Kier molecular flexibility index (Phi) is 4.42. The summed E-state index contributed by atoms with van der Waals surface area (Å²) < 4.78 is 42.8. The van der Waals surface area contributed by atoms with E-state index < -0.39 is 26.3 Å². The summed E-state index contributed by atoms with van der Waals surface area (Å²) in [5.41, 5.74) is -0.0662. The summed E-state index contributed by atoms with van der Waals surface area (Å²) in [6.07, 6.45) is 0. The lowest BCUT2D eigenvalue weighted by Gasteiger charge is -2.18. The van der Waals surface area contributed by atoms with E-state index in [0.29, 0.717) is 10.6 Å². The first-order valence-electron chi connectivity index (χ1n) is 7.57. The highest BCUT2D eigenvalue weighted by Crippen LogP contribution is 2.41. The second-order valence-corrected chi connectivity index (χ2v) is 8.31. The number of hydrogen-bond acceptors (Lipinski definition) is 4. The Morgan fingerprint density at radius 3 is 2.19 bits per heavy atom. The van der Waals surface area contributed by atoms with Crippen LogP contribution in [-0.2, 0) is 19.6 Å². The van der Waals surface area contributed by atoms with Crippen LogP contribution < -0.4 is 5.14 Å². The molecule has 0 fully saturated rings. The first-order valence-corrected chi connectivity index (χ1v) is 9.50. The monoisotopic (exact) mass is 395 g/mol. The smallest absolute Gasteiger partial charge is 0.240 e. The van der Waals surface area contributed by atoms with E-state index in [0.717, 1.165) is 12.1 Å². The zero-order valence-electron chi connectivity index (χ0n) is 13.9. The van der Waals surface area contributed by atoms with Crippen molar-refractivity contribution in [1.82, 2.24) is 0 Å². The molecule has 2 aromatic rings. The van der Waals surface area contributed by atoms with E-state index in [1.807, 2.05) is 0 Å². The first-order chi connectivity index (χ1) is 12.0. The molecule has 1 aliphatic rings. The summed E-state index contributed by atoms with van der Waals surface area (Å²) in [7, 11) is -4.19. The van der Waals surface area contributed by atoms with Crippen LogP contribution in [0.3, 0.4) is 0 Å². The third-order valence-electron chi connectivity index (χ3n) is 3.99. The van der Waals surface area contributed by atoms with Crippen LogP contribution in [0.15, 0.2) is 47.4 Å². The lowest BCUT2D eigenvalue weighted by atomic mass is 9.93. The molecular formula is C18H15ClFNO4S. The molecule has 0 radical (unpaired) electrons. The highest BCUT2D eigenvalue weighted by atomic mass is 35.5. The number of rotatable bonds is 3. The molecule has 8 heteroatoms. The number of hydrogen-bond donors (Lipinski definition) is 1. The Morgan fingerprint density at radius 2 is 1.65 bits per heavy atom. The molecule has 0 bridgehead atoms. The van der Waals surface area contributed by atoms with Crippen molar-refractivity contribution in [3.63, 3.8) is 0 Å². The molecular weight excluding hydrogens is 381 g/mol. The topological polar surface area (TPSA) is 86.5 Å². The highest BCUT2D eigenvalue weighted by Gasteiger charge is 2.43. The van der Waals surface area contributed by atoms with E-state index in [1.54, 1.807) is 38.1 Å². The van der Waals surface area contributed by atoms with Crippen molar-refractivity contribution in [2.45, 2.75) is 24.3 Å². The zero-order valence-corrected chi connectivity index (χ0v) is 15.5. The third kappa shape index (κ3) is 3.25. The molecule has 0 unspecified atom stereocenters. The Labute approximate surface area is 155 Å². The Bertz CT molecular complexity index is 1040. The fourth-order valence-electron chi connectivity index (χ4n) is 2.71. The molecule has 1 aliphatic heterocycles. The van der Waals surface area contributed by atoms with Gasteiger partial charge in [0.25, 0.3) is 0 Å². The van der Waals surface area contributed by atoms with Crippen LogP contribution in [0.4, 0.5) is 4.39 Å². The van der Waals surface area contributed by atoms with E-state index in [-0.39, 0.29) is 22.7 Å². The largest absolute Gasteiger partial charge is 0.478 e. The number of ether oxygens (including phenoxy) is 1. The molecule has 5 nitrogen and oxygen atoms in total. The SMILES string of the molecule is CC1(C)OC(c2ccc(S(N)(=O)=O)c(F)c2)=C(c2ccc(Cl)cc2)C1=O. The van der Waals surface area contributed by atoms with Crippen LogP contribution in [0.2, 0.25) is 5.02 Å². The van der Waals surface area contributed by atoms with Gasteiger partial charge in [-0.15, -0.1) is 0 Å². The summed E-state index contributed by atoms with van der Waals surface area (Å²) in [4.78, 5) is 12.2. The highest BCUT2D eigenvalue weighted by molar-refractivity contribution is 7.89. The summed E-state index contributed by atoms with van der Waals surface area (Å²) in [6.45, 7) is 3.21. The average molecular weight is 396 g/mol. The van der Waals surface area contributed by atoms with Crippen LogP contribution in [0.1, 0.15) is 25.0 Å². The van der Waals surface area contributed by atoms with Gasteiger partial charge in [0.15, 0.2) is 5.60 Å². The maximum Gasteiger partial charge on any atom is 0.240 e. The number of Topliss-reactive ketones (excluding diaryl/α,β-unsaturated/α-hetero) is 1. The number of sulfonamides is 1. The van der Waals surface area contributed by atoms with Gasteiger partial charge in [0.05, 0.1) is 5.57 Å². The van der Waals surface area contributed by atoms with Gasteiger partial charge in [-0.2, -0.15) is 0 Å². The predicted octanol–water partition coefficient (Wildman–Crippen LogP) is 3.37. The van der Waals surface area contributed by atoms with Gasteiger partial charge in [-0.25, -0.2) is 17.9 Å². The molecule has 0 saturated heterocycles. The lowest BCUT2D eigenvalue weighted by Crippen LogP contribution is -2.29. The van der Waals surface area contributed by atoms with E-state index in [4.69, 9.17) is 21.5 Å². The minimum Gasteiger partial charge on any atom is -0.478 e. The van der Waals surface area contributed by atoms with Crippen LogP contribution in [0, 0.1) is 5.82 Å². The number of carbonyl (C=O) groups is 1. The van der Waals surface area contributed by atoms with Crippen molar-refractivity contribution in [3.8, 4) is 0 Å². The van der Waals surface area contributed by atoms with Crippen LogP contribution in [-0.4, -0.2) is 19.8 Å². The normalized spacial score (nSPS) is 16.7. The molecule has 136 valence electrons. The number of ketones is 1. The quantitative estimate of drug-likeness (QED) is 0.863. The zero-order chi connectivity index (χ0) is 19.3. The number of halogens is 2. The van der Waals surface area contributed by atoms with Gasteiger partial charge in [-0.3, -0.25) is 4.79 Å². The molecule has 2 aromatic carbocycles. The second kappa shape index (κ2) is 6.19. The van der Waals surface area contributed by atoms with Gasteiger partial charge >= 0.3 is 0 Å². The van der Waals surface area contributed by atoms with E-state index in [2.05, 4.69) is 0 Å². The van der Waals surface area contributed by atoms with E-state index in [9.17, 15) is 17.6 Å². The maximum atomic E-state index is 14.2. The van der Waals surface area contributed by atoms with Crippen molar-refractivity contribution >= 4 is 38.7 Å². The summed E-state index contributed by atoms with van der Waals surface area (Å²) in [5.74, 6) is -1.12. The van der Waals surface area contributed by atoms with Gasteiger partial charge in [-0.1, -0.05) is 23.7 Å². The van der Waals surface area contributed by atoms with Crippen LogP contribution in [0.5, 0.6) is 0 Å². The summed E-state index contributed by atoms with van der Waals surface area (Å²) in [6, 6.07) is 9.97. The van der Waals surface area contributed by atoms with Gasteiger partial charge in [0.2, 0.25) is 15.8 Å². The van der Waals surface area contributed by atoms with Crippen LogP contribution in [0.25, 0.3) is 11.3 Å². The first kappa shape index (κ1) is 18.6. The molecule has 3 rings (SSSR count). The number of primary sulfonamides is 1. The van der Waals surface area contributed by atoms with Gasteiger partial charge in [-0.05, 0) is 49.7 Å². The van der Waals surface area contributed by atoms with Gasteiger partial charge in [0, 0.05) is 10.6 Å². The minimum absolute atomic E-state index is 0.169. The Hall–Kier alpha value is -2.22. The van der Waals surface area contributed by atoms with E-state index >= 15 is 0 Å². The average Bonchev–Trinajstić information content (AvgIpc) is 2.77. The van der Waals surface area contributed by atoms with Crippen molar-refractivity contribution in [2.24, 2.45) is 5.14 Å². The predicted molar refractivity (Wildman–Crippen MR) is 96.2 cm³/mol. The number of carbonyl (C=O) groups excluding carboxylic acids is 1. The molecule has 0 aliphatic carbocycles. The fourth-order valence-corrected chi connectivity index (χ4v) is 3.43. The minimum atomic E-state index is -4.19. The molecule has 0 aromatic heterocycles. The lowest BCUT2D eigenvalue weighted by molar-refractivity contribution is -0.125. The second-order valence-electron chi connectivity index (χ2n) is 6.34. The van der Waals surface area contributed by atoms with E-state index in [1.165, 1.54) is 6.07 Å². The summed E-state index contributed by atoms with van der Waals surface area (Å²) in [5, 5.41) is 5.49. The fraction of sp³-hybridized carbons (Fsp3) is 0.167. The van der Waals surface area contributed by atoms with Crippen LogP contribution >= 0.6 is 11.6 Å². The van der Waals surface area contributed by atoms with Crippen molar-refractivity contribution in [2.75, 3.05) is 0 Å². The molecule has 0 amide bonds. The van der Waals surface area contributed by atoms with Crippen molar-refractivity contribution in [1.29, 1.82) is 0 Å². The van der Waals surface area contributed by atoms with Crippen molar-refractivity contribution in [3.05, 3.63) is 64.4 Å². The molecule has 2 N–H and O–H groups in total. The van der Waals surface area contributed by atoms with Gasteiger partial charge < -0.3 is 4.74 Å². The number of benzene rings is 2. The standard InChI is InChI=1S/C18H15ClFNO4S/c1-18(2)17(22)15(10-3-6-12(19)7-4-10)16(25-18)11-5-8-14(13(20)9-11)26(21,23)24/h3-9H,1-2H3,(H2,21,23,24). The molecule has 0 spiro atoms. The molecule has 26 heavy (non-hydrogen) atoms. The maximum absolute atomic E-state index is 14.2. The number of nitrogens with two attached hydrogens (primary N) is 1. The summed E-state index contributed by atoms with van der Waals surface area (Å²) >= 11 is 5.89. The Morgan fingerprint density at radius 1 is 1.08 bits per heavy atom. The molecule has 0 saturated carbocycles. The molecule has 0 atom stereocenters. The molecule has 1 heterocycles. The third-order valence-corrected chi connectivity index (χ3v) is 5.19.